The maximum Gasteiger partial charge on any atom is 0.217 e. The van der Waals surface area contributed by atoms with Crippen molar-refractivity contribution in [3.63, 3.8) is 0 Å². The van der Waals surface area contributed by atoms with E-state index in [1.165, 1.54) is 0 Å². The molecule has 0 saturated heterocycles. The van der Waals surface area contributed by atoms with Crippen molar-refractivity contribution in [3.05, 3.63) is 41.6 Å². The highest BCUT2D eigenvalue weighted by Crippen LogP contribution is 2.27. The van der Waals surface area contributed by atoms with E-state index in [1.807, 2.05) is 0 Å². The van der Waals surface area contributed by atoms with Gasteiger partial charge in [0.25, 0.3) is 0 Å². The van der Waals surface area contributed by atoms with Crippen molar-refractivity contribution in [3.8, 4) is 11.6 Å². The lowest BCUT2D eigenvalue weighted by Gasteiger charge is -2.06. The molecule has 4 heteroatoms. The maximum atomic E-state index is 5.91. The Labute approximate surface area is 86.9 Å². The van der Waals surface area contributed by atoms with Gasteiger partial charge < -0.3 is 4.74 Å². The Morgan fingerprint density at radius 1 is 1.50 bits per heavy atom. The van der Waals surface area contributed by atoms with Crippen LogP contribution in [0.25, 0.3) is 0 Å². The summed E-state index contributed by atoms with van der Waals surface area (Å²) < 4.78 is 7.16. The van der Waals surface area contributed by atoms with Crippen LogP contribution in [0.2, 0.25) is 5.02 Å². The molecule has 2 rings (SSSR count). The second kappa shape index (κ2) is 3.72. The van der Waals surface area contributed by atoms with Gasteiger partial charge in [-0.25, -0.2) is 4.68 Å². The van der Waals surface area contributed by atoms with Crippen molar-refractivity contribution in [2.24, 2.45) is 7.05 Å². The largest absolute Gasteiger partial charge is 0.438 e. The summed E-state index contributed by atoms with van der Waals surface area (Å²) >= 11 is 5.91. The number of benzene rings is 1. The van der Waals surface area contributed by atoms with Gasteiger partial charge in [0.1, 0.15) is 5.75 Å². The predicted molar refractivity (Wildman–Crippen MR) is 53.6 cm³/mol. The lowest BCUT2D eigenvalue weighted by atomic mass is 10.3. The Hall–Kier alpha value is -1.48. The fourth-order valence-corrected chi connectivity index (χ4v) is 1.22. The number of hydrogen-bond donors (Lipinski definition) is 0. The van der Waals surface area contributed by atoms with Gasteiger partial charge in [0.15, 0.2) is 0 Å². The van der Waals surface area contributed by atoms with Crippen LogP contribution in [0.1, 0.15) is 0 Å². The van der Waals surface area contributed by atoms with E-state index in [-0.39, 0.29) is 0 Å². The maximum absolute atomic E-state index is 5.91. The van der Waals surface area contributed by atoms with E-state index in [0.29, 0.717) is 16.7 Å². The highest BCUT2D eigenvalue weighted by Gasteiger charge is 2.04. The second-order valence-electron chi connectivity index (χ2n) is 2.75. The van der Waals surface area contributed by atoms with E-state index in [1.54, 1.807) is 42.2 Å². The minimum atomic E-state index is 0.536. The highest BCUT2D eigenvalue weighted by molar-refractivity contribution is 6.32. The molecule has 0 aliphatic heterocycles. The lowest BCUT2D eigenvalue weighted by molar-refractivity contribution is 0.431. The molecule has 0 atom stereocenters. The van der Waals surface area contributed by atoms with Gasteiger partial charge >= 0.3 is 0 Å². The Bertz CT molecular complexity index is 439. The average molecular weight is 208 g/mol. The van der Waals surface area contributed by atoms with Gasteiger partial charge in [0.2, 0.25) is 5.88 Å². The molecule has 0 amide bonds. The third-order valence-corrected chi connectivity index (χ3v) is 2.06. The number of halogens is 1. The molecule has 2 aromatic rings. The number of hydrogen-bond acceptors (Lipinski definition) is 2. The van der Waals surface area contributed by atoms with Crippen molar-refractivity contribution >= 4 is 11.6 Å². The summed E-state index contributed by atoms with van der Waals surface area (Å²) in [7, 11) is 1.80. The van der Waals surface area contributed by atoms with Crippen molar-refractivity contribution in [1.29, 1.82) is 0 Å². The number of aryl methyl sites for hydroxylation is 1. The van der Waals surface area contributed by atoms with Crippen LogP contribution >= 0.6 is 11.6 Å². The third-order valence-electron chi connectivity index (χ3n) is 1.77. The zero-order valence-electron chi connectivity index (χ0n) is 7.57. The Morgan fingerprint density at radius 2 is 2.36 bits per heavy atom. The van der Waals surface area contributed by atoms with Gasteiger partial charge in [0.05, 0.1) is 11.2 Å². The van der Waals surface area contributed by atoms with Gasteiger partial charge in [-0.3, -0.25) is 0 Å². The van der Waals surface area contributed by atoms with Crippen LogP contribution in [0.15, 0.2) is 30.5 Å². The summed E-state index contributed by atoms with van der Waals surface area (Å²) in [6.07, 6.45) is 1.66. The molecule has 0 aliphatic carbocycles. The van der Waals surface area contributed by atoms with Gasteiger partial charge in [-0.1, -0.05) is 17.7 Å². The van der Waals surface area contributed by atoms with E-state index in [0.717, 1.165) is 0 Å². The molecular weight excluding hydrogens is 200 g/mol. The Balaban J connectivity index is 2.28. The van der Waals surface area contributed by atoms with Crippen molar-refractivity contribution in [2.45, 2.75) is 0 Å². The first-order valence-electron chi connectivity index (χ1n) is 4.09. The van der Waals surface area contributed by atoms with Crippen molar-refractivity contribution in [2.75, 3.05) is 0 Å². The fourth-order valence-electron chi connectivity index (χ4n) is 1.05. The minimum Gasteiger partial charge on any atom is -0.438 e. The normalized spacial score (nSPS) is 10.1. The molecule has 3 nitrogen and oxygen atoms in total. The number of nitrogens with zero attached hydrogens (tertiary/aromatic N) is 2. The average Bonchev–Trinajstić information content (AvgIpc) is 2.56. The third kappa shape index (κ3) is 1.72. The molecular formula is C10H8ClN2O. The van der Waals surface area contributed by atoms with Gasteiger partial charge in [0, 0.05) is 13.1 Å². The molecule has 0 N–H and O–H groups in total. The molecule has 1 aromatic carbocycles. The van der Waals surface area contributed by atoms with Gasteiger partial charge in [-0.15, -0.1) is 0 Å². The van der Waals surface area contributed by atoms with Crippen LogP contribution in [0.4, 0.5) is 0 Å². The summed E-state index contributed by atoms with van der Waals surface area (Å²) in [4.78, 5) is 0. The fraction of sp³-hybridized carbons (Fsp3) is 0.100. The van der Waals surface area contributed by atoms with Crippen LogP contribution < -0.4 is 4.74 Å². The molecule has 71 valence electrons. The highest BCUT2D eigenvalue weighted by atomic mass is 35.5. The van der Waals surface area contributed by atoms with Crippen LogP contribution in [-0.4, -0.2) is 9.78 Å². The van der Waals surface area contributed by atoms with E-state index < -0.39 is 0 Å². The van der Waals surface area contributed by atoms with Gasteiger partial charge in [-0.05, 0) is 18.2 Å². The van der Waals surface area contributed by atoms with E-state index in [2.05, 4.69) is 11.2 Å². The molecule has 14 heavy (non-hydrogen) atoms. The zero-order valence-corrected chi connectivity index (χ0v) is 8.32. The molecule has 0 saturated carbocycles. The molecule has 1 radical (unpaired) electrons. The number of ether oxygens (including phenoxy) is 1. The quantitative estimate of drug-likeness (QED) is 0.757. The lowest BCUT2D eigenvalue weighted by Crippen LogP contribution is -1.94. The number of rotatable bonds is 2. The first kappa shape index (κ1) is 9.09. The van der Waals surface area contributed by atoms with Crippen LogP contribution in [0.5, 0.6) is 11.6 Å². The van der Waals surface area contributed by atoms with Crippen LogP contribution in [-0.2, 0) is 7.05 Å². The van der Waals surface area contributed by atoms with Crippen LogP contribution in [0.3, 0.4) is 0 Å². The topological polar surface area (TPSA) is 27.1 Å². The number of aromatic nitrogens is 2. The molecule has 0 aliphatic rings. The summed E-state index contributed by atoms with van der Waals surface area (Å²) in [5.41, 5.74) is 0. The smallest absolute Gasteiger partial charge is 0.217 e. The monoisotopic (exact) mass is 207 g/mol. The molecule has 1 aromatic heterocycles. The van der Waals surface area contributed by atoms with E-state index >= 15 is 0 Å². The summed E-state index contributed by atoms with van der Waals surface area (Å²) in [5, 5.41) is 4.52. The Morgan fingerprint density at radius 3 is 3.00 bits per heavy atom. The van der Waals surface area contributed by atoms with Crippen LogP contribution in [0, 0.1) is 6.07 Å². The van der Waals surface area contributed by atoms with Crippen molar-refractivity contribution < 1.29 is 4.74 Å². The summed E-state index contributed by atoms with van der Waals surface area (Å²) in [6, 6.07) is 9.80. The summed E-state index contributed by atoms with van der Waals surface area (Å²) in [6.45, 7) is 0. The second-order valence-corrected chi connectivity index (χ2v) is 3.16. The van der Waals surface area contributed by atoms with E-state index in [4.69, 9.17) is 16.3 Å². The molecule has 0 bridgehead atoms. The summed E-state index contributed by atoms with van der Waals surface area (Å²) in [5.74, 6) is 1.26. The van der Waals surface area contributed by atoms with Crippen molar-refractivity contribution in [1.82, 2.24) is 9.78 Å². The first-order valence-corrected chi connectivity index (χ1v) is 4.46. The Kier molecular flexibility index (Phi) is 2.41. The first-order chi connectivity index (χ1) is 6.77. The van der Waals surface area contributed by atoms with Gasteiger partial charge in [-0.2, -0.15) is 5.10 Å². The standard InChI is InChI=1S/C10H8ClN2O/c1-13-10(6-7-12-13)14-9-5-3-2-4-8(9)11/h3-7H,1H3. The zero-order chi connectivity index (χ0) is 9.97. The molecule has 0 fully saturated rings. The molecule has 0 unspecified atom stereocenters. The molecule has 1 heterocycles. The SMILES string of the molecule is Cn1nccc1Oc1cc[c]cc1Cl. The van der Waals surface area contributed by atoms with E-state index in [9.17, 15) is 0 Å². The molecule has 0 spiro atoms. The minimum absolute atomic E-state index is 0.536. The predicted octanol–water partition coefficient (Wildman–Crippen LogP) is 2.67.